The number of ether oxygens (including phenoxy) is 1. The van der Waals surface area contributed by atoms with Crippen LogP contribution in [0.25, 0.3) is 0 Å². The average Bonchev–Trinajstić information content (AvgIpc) is 2.89. The molecule has 0 unspecified atom stereocenters. The maximum Gasteiger partial charge on any atom is 0.348 e. The molecule has 86 valence electrons. The smallest absolute Gasteiger partial charge is 0.348 e. The summed E-state index contributed by atoms with van der Waals surface area (Å²) in [6.45, 7) is 0. The third-order valence-corrected chi connectivity index (χ3v) is 3.89. The van der Waals surface area contributed by atoms with E-state index in [1.54, 1.807) is 11.4 Å². The SMILES string of the molecule is COC(=O)c1sccc1CC1(C(=O)O)CC1. The molecule has 0 aliphatic heterocycles. The Labute approximate surface area is 96.9 Å². The van der Waals surface area contributed by atoms with Gasteiger partial charge in [0.05, 0.1) is 12.5 Å². The van der Waals surface area contributed by atoms with Crippen molar-refractivity contribution in [3.8, 4) is 0 Å². The van der Waals surface area contributed by atoms with Crippen molar-refractivity contribution in [1.82, 2.24) is 0 Å². The number of carboxylic acids is 1. The molecule has 0 radical (unpaired) electrons. The van der Waals surface area contributed by atoms with Crippen molar-refractivity contribution in [2.45, 2.75) is 19.3 Å². The standard InChI is InChI=1S/C11H12O4S/c1-15-9(12)8-7(2-5-16-8)6-11(3-4-11)10(13)14/h2,5H,3-4,6H2,1H3,(H,13,14). The summed E-state index contributed by atoms with van der Waals surface area (Å²) >= 11 is 1.29. The Hall–Kier alpha value is -1.36. The highest BCUT2D eigenvalue weighted by Crippen LogP contribution is 2.49. The maximum absolute atomic E-state index is 11.4. The van der Waals surface area contributed by atoms with E-state index in [-0.39, 0.29) is 5.97 Å². The molecule has 1 heterocycles. The monoisotopic (exact) mass is 240 g/mol. The first kappa shape index (κ1) is 11.1. The lowest BCUT2D eigenvalue weighted by Gasteiger charge is -2.09. The molecule has 4 nitrogen and oxygen atoms in total. The van der Waals surface area contributed by atoms with Crippen molar-refractivity contribution in [3.05, 3.63) is 21.9 Å². The van der Waals surface area contributed by atoms with E-state index < -0.39 is 11.4 Å². The van der Waals surface area contributed by atoms with Gasteiger partial charge in [0, 0.05) is 0 Å². The molecule has 5 heteroatoms. The van der Waals surface area contributed by atoms with E-state index in [2.05, 4.69) is 4.74 Å². The number of esters is 1. The predicted molar refractivity (Wildman–Crippen MR) is 58.7 cm³/mol. The largest absolute Gasteiger partial charge is 0.481 e. The van der Waals surface area contributed by atoms with E-state index in [1.807, 2.05) is 0 Å². The number of aliphatic carboxylic acids is 1. The quantitative estimate of drug-likeness (QED) is 0.817. The first-order valence-corrected chi connectivity index (χ1v) is 5.85. The summed E-state index contributed by atoms with van der Waals surface area (Å²) < 4.78 is 4.65. The fraction of sp³-hybridized carbons (Fsp3) is 0.455. The van der Waals surface area contributed by atoms with Gasteiger partial charge in [-0.05, 0) is 36.3 Å². The molecule has 0 spiro atoms. The second kappa shape index (κ2) is 3.90. The zero-order chi connectivity index (χ0) is 11.8. The van der Waals surface area contributed by atoms with E-state index in [0.29, 0.717) is 24.1 Å². The highest BCUT2D eigenvalue weighted by molar-refractivity contribution is 7.12. The van der Waals surface area contributed by atoms with Gasteiger partial charge >= 0.3 is 11.9 Å². The number of methoxy groups -OCH3 is 1. The van der Waals surface area contributed by atoms with Gasteiger partial charge in [0.2, 0.25) is 0 Å². The molecule has 2 rings (SSSR count). The van der Waals surface area contributed by atoms with E-state index in [0.717, 1.165) is 5.56 Å². The van der Waals surface area contributed by atoms with Gasteiger partial charge in [-0.15, -0.1) is 11.3 Å². The second-order valence-corrected chi connectivity index (χ2v) is 4.94. The van der Waals surface area contributed by atoms with Crippen molar-refractivity contribution in [3.63, 3.8) is 0 Å². The molecule has 1 N–H and O–H groups in total. The molecule has 0 saturated heterocycles. The maximum atomic E-state index is 11.4. The van der Waals surface area contributed by atoms with Crippen molar-refractivity contribution in [2.75, 3.05) is 7.11 Å². The number of hydrogen-bond donors (Lipinski definition) is 1. The van der Waals surface area contributed by atoms with Crippen molar-refractivity contribution < 1.29 is 19.4 Å². The van der Waals surface area contributed by atoms with Gasteiger partial charge in [0.25, 0.3) is 0 Å². The molecule has 0 amide bonds. The van der Waals surface area contributed by atoms with Crippen LogP contribution in [0, 0.1) is 5.41 Å². The van der Waals surface area contributed by atoms with Gasteiger partial charge in [-0.1, -0.05) is 0 Å². The summed E-state index contributed by atoms with van der Waals surface area (Å²) in [6, 6.07) is 1.81. The zero-order valence-electron chi connectivity index (χ0n) is 8.86. The van der Waals surface area contributed by atoms with E-state index in [4.69, 9.17) is 5.11 Å². The molecule has 1 aliphatic rings. The summed E-state index contributed by atoms with van der Waals surface area (Å²) in [7, 11) is 1.33. The molecular formula is C11H12O4S. The Morgan fingerprint density at radius 1 is 1.56 bits per heavy atom. The van der Waals surface area contributed by atoms with Crippen LogP contribution in [-0.2, 0) is 16.0 Å². The first-order valence-electron chi connectivity index (χ1n) is 4.97. The number of carbonyl (C=O) groups excluding carboxylic acids is 1. The van der Waals surface area contributed by atoms with Crippen LogP contribution >= 0.6 is 11.3 Å². The predicted octanol–water partition coefficient (Wildman–Crippen LogP) is 1.94. The highest BCUT2D eigenvalue weighted by atomic mass is 32.1. The normalized spacial score (nSPS) is 16.8. The van der Waals surface area contributed by atoms with Crippen molar-refractivity contribution >= 4 is 23.3 Å². The molecule has 1 aromatic rings. The van der Waals surface area contributed by atoms with E-state index in [1.165, 1.54) is 18.4 Å². The second-order valence-electron chi connectivity index (χ2n) is 4.03. The lowest BCUT2D eigenvalue weighted by molar-refractivity contribution is -0.143. The Morgan fingerprint density at radius 3 is 2.75 bits per heavy atom. The number of carboxylic acid groups (broad SMARTS) is 1. The van der Waals surface area contributed by atoms with Gasteiger partial charge in [-0.3, -0.25) is 4.79 Å². The van der Waals surface area contributed by atoms with Crippen LogP contribution in [0.15, 0.2) is 11.4 Å². The van der Waals surface area contributed by atoms with Crippen LogP contribution in [0.1, 0.15) is 28.1 Å². The topological polar surface area (TPSA) is 63.6 Å². The van der Waals surface area contributed by atoms with Crippen LogP contribution in [-0.4, -0.2) is 24.2 Å². The molecule has 16 heavy (non-hydrogen) atoms. The molecule has 0 bridgehead atoms. The summed E-state index contributed by atoms with van der Waals surface area (Å²) in [5, 5.41) is 10.9. The first-order chi connectivity index (χ1) is 7.59. The minimum Gasteiger partial charge on any atom is -0.481 e. The molecule has 1 fully saturated rings. The Balaban J connectivity index is 2.19. The number of thiophene rings is 1. The van der Waals surface area contributed by atoms with Crippen LogP contribution in [0.2, 0.25) is 0 Å². The third kappa shape index (κ3) is 1.82. The minimum atomic E-state index is -0.769. The van der Waals surface area contributed by atoms with E-state index >= 15 is 0 Å². The highest BCUT2D eigenvalue weighted by Gasteiger charge is 2.50. The van der Waals surface area contributed by atoms with Crippen molar-refractivity contribution in [1.29, 1.82) is 0 Å². The summed E-state index contributed by atoms with van der Waals surface area (Å²) in [5.74, 6) is -1.15. The Kier molecular flexibility index (Phi) is 2.71. The molecule has 0 atom stereocenters. The van der Waals surface area contributed by atoms with Crippen LogP contribution in [0.4, 0.5) is 0 Å². The Bertz CT molecular complexity index is 431. The number of carbonyl (C=O) groups is 2. The number of hydrogen-bond acceptors (Lipinski definition) is 4. The van der Waals surface area contributed by atoms with Crippen LogP contribution < -0.4 is 0 Å². The fourth-order valence-electron chi connectivity index (χ4n) is 1.73. The van der Waals surface area contributed by atoms with Gasteiger partial charge in [0.15, 0.2) is 0 Å². The zero-order valence-corrected chi connectivity index (χ0v) is 9.67. The lowest BCUT2D eigenvalue weighted by Crippen LogP contribution is -2.18. The third-order valence-electron chi connectivity index (χ3n) is 2.95. The van der Waals surface area contributed by atoms with E-state index in [9.17, 15) is 9.59 Å². The summed E-state index contributed by atoms with van der Waals surface area (Å²) in [4.78, 5) is 23.0. The molecule has 1 saturated carbocycles. The fourth-order valence-corrected chi connectivity index (χ4v) is 2.57. The lowest BCUT2D eigenvalue weighted by atomic mass is 9.97. The Morgan fingerprint density at radius 2 is 2.25 bits per heavy atom. The average molecular weight is 240 g/mol. The van der Waals surface area contributed by atoms with Crippen molar-refractivity contribution in [2.24, 2.45) is 5.41 Å². The molecule has 1 aromatic heterocycles. The van der Waals surface area contributed by atoms with Crippen LogP contribution in [0.5, 0.6) is 0 Å². The summed E-state index contributed by atoms with van der Waals surface area (Å²) in [6.07, 6.45) is 1.81. The van der Waals surface area contributed by atoms with Gasteiger partial charge in [-0.25, -0.2) is 4.79 Å². The number of rotatable bonds is 4. The van der Waals surface area contributed by atoms with Gasteiger partial charge < -0.3 is 9.84 Å². The van der Waals surface area contributed by atoms with Crippen LogP contribution in [0.3, 0.4) is 0 Å². The van der Waals surface area contributed by atoms with Gasteiger partial charge in [0.1, 0.15) is 4.88 Å². The summed E-state index contributed by atoms with van der Waals surface area (Å²) in [5.41, 5.74) is 0.154. The molecule has 1 aliphatic carbocycles. The minimum absolute atomic E-state index is 0.383. The van der Waals surface area contributed by atoms with Gasteiger partial charge in [-0.2, -0.15) is 0 Å². The molecular weight excluding hydrogens is 228 g/mol. The molecule has 0 aromatic carbocycles.